The zero-order valence-electron chi connectivity index (χ0n) is 13.7. The van der Waals surface area contributed by atoms with Gasteiger partial charge in [0.2, 0.25) is 6.10 Å². The molecule has 1 atom stereocenters. The number of carbonyl (C=O) groups excluding carboxylic acids is 1. The fourth-order valence-electron chi connectivity index (χ4n) is 2.73. The Kier molecular flexibility index (Phi) is 3.85. The second-order valence-electron chi connectivity index (χ2n) is 5.84. The van der Waals surface area contributed by atoms with Crippen molar-refractivity contribution in [2.24, 2.45) is 12.1 Å². The van der Waals surface area contributed by atoms with Crippen LogP contribution in [-0.4, -0.2) is 29.4 Å². The van der Waals surface area contributed by atoms with E-state index in [-0.39, 0.29) is 12.5 Å². The van der Waals surface area contributed by atoms with E-state index in [1.54, 1.807) is 6.21 Å². The van der Waals surface area contributed by atoms with Gasteiger partial charge in [0.25, 0.3) is 5.91 Å². The molecule has 0 radical (unpaired) electrons. The van der Waals surface area contributed by atoms with Crippen LogP contribution in [0.3, 0.4) is 0 Å². The summed E-state index contributed by atoms with van der Waals surface area (Å²) >= 11 is 0. The largest absolute Gasteiger partial charge is 0.485 e. The van der Waals surface area contributed by atoms with Gasteiger partial charge in [0.05, 0.1) is 11.9 Å². The highest BCUT2D eigenvalue weighted by Crippen LogP contribution is 2.35. The van der Waals surface area contributed by atoms with Crippen molar-refractivity contribution in [3.8, 4) is 11.5 Å². The summed E-state index contributed by atoms with van der Waals surface area (Å²) in [5.41, 5.74) is 3.38. The van der Waals surface area contributed by atoms with Gasteiger partial charge in [-0.2, -0.15) is 5.10 Å². The van der Waals surface area contributed by atoms with Crippen molar-refractivity contribution in [3.63, 3.8) is 0 Å². The predicted octanol–water partition coefficient (Wildman–Crippen LogP) is 2.47. The quantitative estimate of drug-likeness (QED) is 0.591. The molecule has 0 saturated heterocycles. The molecular weight excluding hydrogens is 318 g/mol. The van der Waals surface area contributed by atoms with Crippen LogP contribution in [0.5, 0.6) is 11.5 Å². The molecule has 0 unspecified atom stereocenters. The maximum absolute atomic E-state index is 12.2. The van der Waals surface area contributed by atoms with Crippen LogP contribution >= 0.6 is 0 Å². The molecule has 126 valence electrons. The van der Waals surface area contributed by atoms with E-state index < -0.39 is 6.10 Å². The lowest BCUT2D eigenvalue weighted by Gasteiger charge is -2.25. The number of carbonyl (C=O) groups is 1. The van der Waals surface area contributed by atoms with Crippen LogP contribution in [0.2, 0.25) is 0 Å². The number of aryl methyl sites for hydroxylation is 1. The summed E-state index contributed by atoms with van der Waals surface area (Å²) in [7, 11) is 1.91. The number of hydrazone groups is 1. The first-order chi connectivity index (χ1) is 12.2. The zero-order chi connectivity index (χ0) is 17.2. The number of nitrogens with one attached hydrogen (secondary N) is 1. The normalized spacial score (nSPS) is 16.3. The van der Waals surface area contributed by atoms with E-state index in [0.717, 1.165) is 16.5 Å². The summed E-state index contributed by atoms with van der Waals surface area (Å²) in [5.74, 6) is 0.871. The molecule has 0 fully saturated rings. The van der Waals surface area contributed by atoms with Crippen molar-refractivity contribution in [3.05, 3.63) is 60.4 Å². The van der Waals surface area contributed by atoms with Gasteiger partial charge < -0.3 is 14.0 Å². The number of rotatable bonds is 3. The van der Waals surface area contributed by atoms with Gasteiger partial charge in [0, 0.05) is 13.2 Å². The molecule has 2 heterocycles. The smallest absolute Gasteiger partial charge is 0.284 e. The summed E-state index contributed by atoms with van der Waals surface area (Å²) in [6, 6.07) is 15.5. The highest BCUT2D eigenvalue weighted by atomic mass is 16.6. The first-order valence-corrected chi connectivity index (χ1v) is 7.97. The average Bonchev–Trinajstić information content (AvgIpc) is 3.04. The number of hydrogen-bond donors (Lipinski definition) is 1. The first-order valence-electron chi connectivity index (χ1n) is 7.97. The Labute approximate surface area is 144 Å². The summed E-state index contributed by atoms with van der Waals surface area (Å²) in [4.78, 5) is 12.2. The van der Waals surface area contributed by atoms with Crippen LogP contribution < -0.4 is 14.9 Å². The Morgan fingerprint density at radius 2 is 1.96 bits per heavy atom. The molecule has 3 aromatic rings. The van der Waals surface area contributed by atoms with Gasteiger partial charge >= 0.3 is 0 Å². The number of amides is 1. The maximum atomic E-state index is 12.2. The van der Waals surface area contributed by atoms with Crippen LogP contribution in [0.1, 0.15) is 5.69 Å². The molecule has 1 N–H and O–H groups in total. The highest BCUT2D eigenvalue weighted by Gasteiger charge is 2.27. The molecule has 4 rings (SSSR count). The third-order valence-electron chi connectivity index (χ3n) is 4.12. The van der Waals surface area contributed by atoms with Crippen molar-refractivity contribution in [2.45, 2.75) is 6.10 Å². The van der Waals surface area contributed by atoms with Gasteiger partial charge in [-0.05, 0) is 35.0 Å². The van der Waals surface area contributed by atoms with Gasteiger partial charge in [0.1, 0.15) is 6.61 Å². The second kappa shape index (κ2) is 6.32. The minimum Gasteiger partial charge on any atom is -0.485 e. The van der Waals surface area contributed by atoms with Crippen molar-refractivity contribution in [1.82, 2.24) is 9.99 Å². The molecule has 0 saturated carbocycles. The van der Waals surface area contributed by atoms with E-state index in [1.807, 2.05) is 66.3 Å². The molecule has 1 aromatic heterocycles. The fraction of sp³-hybridized carbons (Fsp3) is 0.158. The minimum atomic E-state index is -0.737. The van der Waals surface area contributed by atoms with E-state index >= 15 is 0 Å². The van der Waals surface area contributed by atoms with Gasteiger partial charge in [-0.15, -0.1) is 0 Å². The predicted molar refractivity (Wildman–Crippen MR) is 95.0 cm³/mol. The lowest BCUT2D eigenvalue weighted by molar-refractivity contribution is -0.130. The van der Waals surface area contributed by atoms with Gasteiger partial charge in [-0.25, -0.2) is 5.43 Å². The molecule has 6 heteroatoms. The van der Waals surface area contributed by atoms with E-state index in [9.17, 15) is 4.79 Å². The third kappa shape index (κ3) is 3.06. The maximum Gasteiger partial charge on any atom is 0.284 e. The van der Waals surface area contributed by atoms with Crippen LogP contribution in [0.4, 0.5) is 0 Å². The Morgan fingerprint density at radius 3 is 2.68 bits per heavy atom. The topological polar surface area (TPSA) is 64.9 Å². The Balaban J connectivity index is 1.46. The number of aromatic nitrogens is 1. The molecule has 2 aromatic carbocycles. The average molecular weight is 335 g/mol. The summed E-state index contributed by atoms with van der Waals surface area (Å²) in [6.07, 6.45) is 2.75. The minimum absolute atomic E-state index is 0.150. The lowest BCUT2D eigenvalue weighted by Crippen LogP contribution is -2.42. The molecule has 1 aliphatic rings. The number of nitrogens with zero attached hydrogens (tertiary/aromatic N) is 2. The molecular formula is C19H17N3O3. The fourth-order valence-corrected chi connectivity index (χ4v) is 2.73. The number of ether oxygens (including phenoxy) is 2. The Hall–Kier alpha value is -3.28. The van der Waals surface area contributed by atoms with Crippen LogP contribution in [0.25, 0.3) is 10.8 Å². The first kappa shape index (κ1) is 15.3. The van der Waals surface area contributed by atoms with E-state index in [0.29, 0.717) is 11.5 Å². The summed E-state index contributed by atoms with van der Waals surface area (Å²) in [5, 5.41) is 6.08. The Bertz CT molecular complexity index is 961. The molecule has 0 aliphatic carbocycles. The highest BCUT2D eigenvalue weighted by molar-refractivity contribution is 5.87. The van der Waals surface area contributed by atoms with Crippen molar-refractivity contribution < 1.29 is 14.3 Å². The monoisotopic (exact) mass is 335 g/mol. The molecule has 1 aliphatic heterocycles. The van der Waals surface area contributed by atoms with E-state index in [1.165, 1.54) is 0 Å². The van der Waals surface area contributed by atoms with E-state index in [4.69, 9.17) is 9.47 Å². The van der Waals surface area contributed by atoms with Crippen molar-refractivity contribution >= 4 is 22.9 Å². The zero-order valence-corrected chi connectivity index (χ0v) is 13.7. The standard InChI is InChI=1S/C19H17N3O3/c1-22-8-4-7-15(22)11-20-21-19(23)18-12-24-16-9-13-5-2-3-6-14(13)10-17(16)25-18/h2-11,18H,12H2,1H3,(H,21,23)/b20-11-/t18-/m0/s1. The lowest BCUT2D eigenvalue weighted by atomic mass is 10.1. The van der Waals surface area contributed by atoms with Gasteiger partial charge in [0.15, 0.2) is 11.5 Å². The van der Waals surface area contributed by atoms with E-state index in [2.05, 4.69) is 10.5 Å². The number of fused-ring (bicyclic) bond motifs is 2. The number of benzene rings is 2. The number of hydrogen-bond acceptors (Lipinski definition) is 4. The molecule has 6 nitrogen and oxygen atoms in total. The van der Waals surface area contributed by atoms with Gasteiger partial charge in [-0.3, -0.25) is 4.79 Å². The second-order valence-corrected chi connectivity index (χ2v) is 5.84. The van der Waals surface area contributed by atoms with Crippen LogP contribution in [0, 0.1) is 0 Å². The molecule has 1 amide bonds. The van der Waals surface area contributed by atoms with Crippen molar-refractivity contribution in [1.29, 1.82) is 0 Å². The van der Waals surface area contributed by atoms with Gasteiger partial charge in [-0.1, -0.05) is 24.3 Å². The molecule has 0 bridgehead atoms. The Morgan fingerprint density at radius 1 is 1.20 bits per heavy atom. The summed E-state index contributed by atoms with van der Waals surface area (Å²) < 4.78 is 13.4. The molecule has 25 heavy (non-hydrogen) atoms. The van der Waals surface area contributed by atoms with Crippen LogP contribution in [0.15, 0.2) is 59.8 Å². The summed E-state index contributed by atoms with van der Waals surface area (Å²) in [6.45, 7) is 0.150. The van der Waals surface area contributed by atoms with Crippen LogP contribution in [-0.2, 0) is 11.8 Å². The van der Waals surface area contributed by atoms with Crippen molar-refractivity contribution in [2.75, 3.05) is 6.61 Å². The SMILES string of the molecule is Cn1cccc1/C=N\NC(=O)[C@@H]1COc2cc3ccccc3cc2O1. The third-order valence-corrected chi connectivity index (χ3v) is 4.12. The molecule has 0 spiro atoms.